The van der Waals surface area contributed by atoms with E-state index in [1.807, 2.05) is 11.8 Å². The monoisotopic (exact) mass is 270 g/mol. The first-order valence-corrected chi connectivity index (χ1v) is 8.40. The minimum atomic E-state index is 0.148. The Labute approximate surface area is 115 Å². The fraction of sp³-hybridized carbons (Fsp3) is 0.929. The van der Waals surface area contributed by atoms with Gasteiger partial charge in [-0.25, -0.2) is 0 Å². The zero-order valence-corrected chi connectivity index (χ0v) is 12.7. The van der Waals surface area contributed by atoms with E-state index in [0.717, 1.165) is 25.9 Å². The number of amides is 1. The van der Waals surface area contributed by atoms with Gasteiger partial charge in [0.25, 0.3) is 0 Å². The van der Waals surface area contributed by atoms with Crippen molar-refractivity contribution in [2.45, 2.75) is 58.2 Å². The molecule has 3 nitrogen and oxygen atoms in total. The first-order chi connectivity index (χ1) is 8.61. The second kappa shape index (κ2) is 6.29. The molecule has 4 heteroatoms. The number of piperidine rings is 1. The van der Waals surface area contributed by atoms with E-state index in [1.165, 1.54) is 17.9 Å². The van der Waals surface area contributed by atoms with E-state index in [4.69, 9.17) is 0 Å². The quantitative estimate of drug-likeness (QED) is 0.768. The van der Waals surface area contributed by atoms with Gasteiger partial charge in [-0.2, -0.15) is 11.8 Å². The van der Waals surface area contributed by atoms with Crippen LogP contribution in [0.2, 0.25) is 0 Å². The van der Waals surface area contributed by atoms with Crippen molar-refractivity contribution in [3.8, 4) is 0 Å². The Balaban J connectivity index is 2.08. The lowest BCUT2D eigenvalue weighted by molar-refractivity contribution is -0.143. The standard InChI is InChI=1S/C14H26N2OS/c1-11(2)15-7-4-5-13(14(15)17)16-8-10-18-9-6-12(16)3/h11-13H,4-10H2,1-3H3. The zero-order chi connectivity index (χ0) is 13.1. The number of thioether (sulfide) groups is 1. The van der Waals surface area contributed by atoms with Gasteiger partial charge in [-0.05, 0) is 45.8 Å². The Hall–Kier alpha value is -0.220. The highest BCUT2D eigenvalue weighted by Gasteiger charge is 2.36. The Morgan fingerprint density at radius 2 is 2.00 bits per heavy atom. The van der Waals surface area contributed by atoms with Crippen LogP contribution in [0.5, 0.6) is 0 Å². The van der Waals surface area contributed by atoms with Gasteiger partial charge < -0.3 is 4.90 Å². The summed E-state index contributed by atoms with van der Waals surface area (Å²) in [5.41, 5.74) is 0. The third-order valence-electron chi connectivity index (χ3n) is 4.21. The fourth-order valence-corrected chi connectivity index (χ4v) is 4.13. The van der Waals surface area contributed by atoms with E-state index < -0.39 is 0 Å². The summed E-state index contributed by atoms with van der Waals surface area (Å²) in [5.74, 6) is 2.79. The molecular formula is C14H26N2OS. The molecule has 0 radical (unpaired) electrons. The average molecular weight is 270 g/mol. The maximum Gasteiger partial charge on any atom is 0.240 e. The lowest BCUT2D eigenvalue weighted by Gasteiger charge is -2.42. The molecule has 0 bridgehead atoms. The van der Waals surface area contributed by atoms with Crippen LogP contribution in [0.25, 0.3) is 0 Å². The van der Waals surface area contributed by atoms with Gasteiger partial charge in [0.2, 0.25) is 5.91 Å². The fourth-order valence-electron chi connectivity index (χ4n) is 3.08. The van der Waals surface area contributed by atoms with Crippen LogP contribution in [0.15, 0.2) is 0 Å². The van der Waals surface area contributed by atoms with Crippen LogP contribution >= 0.6 is 11.8 Å². The summed E-state index contributed by atoms with van der Waals surface area (Å²) in [6.45, 7) is 8.57. The Bertz CT molecular complexity index is 296. The molecule has 1 amide bonds. The Morgan fingerprint density at radius 3 is 2.72 bits per heavy atom. The van der Waals surface area contributed by atoms with Gasteiger partial charge in [-0.15, -0.1) is 0 Å². The highest BCUT2D eigenvalue weighted by atomic mass is 32.2. The van der Waals surface area contributed by atoms with Gasteiger partial charge in [0.05, 0.1) is 6.04 Å². The largest absolute Gasteiger partial charge is 0.339 e. The average Bonchev–Trinajstić information content (AvgIpc) is 2.54. The number of rotatable bonds is 2. The topological polar surface area (TPSA) is 23.6 Å². The van der Waals surface area contributed by atoms with Crippen LogP contribution in [0.3, 0.4) is 0 Å². The lowest BCUT2D eigenvalue weighted by Crippen LogP contribution is -2.56. The highest BCUT2D eigenvalue weighted by Crippen LogP contribution is 2.25. The summed E-state index contributed by atoms with van der Waals surface area (Å²) in [6, 6.07) is 1.05. The summed E-state index contributed by atoms with van der Waals surface area (Å²) >= 11 is 2.03. The first kappa shape index (κ1) is 14.2. The predicted octanol–water partition coefficient (Wildman–Crippen LogP) is 2.21. The van der Waals surface area contributed by atoms with Crippen molar-refractivity contribution in [1.82, 2.24) is 9.80 Å². The molecule has 2 rings (SSSR count). The van der Waals surface area contributed by atoms with Crippen molar-refractivity contribution >= 4 is 17.7 Å². The van der Waals surface area contributed by atoms with E-state index in [1.54, 1.807) is 0 Å². The summed E-state index contributed by atoms with van der Waals surface area (Å²) < 4.78 is 0. The number of hydrogen-bond acceptors (Lipinski definition) is 3. The molecule has 2 atom stereocenters. The van der Waals surface area contributed by atoms with Gasteiger partial charge >= 0.3 is 0 Å². The highest BCUT2D eigenvalue weighted by molar-refractivity contribution is 7.99. The molecule has 2 aliphatic rings. The van der Waals surface area contributed by atoms with Crippen LogP contribution in [-0.4, -0.2) is 58.4 Å². The van der Waals surface area contributed by atoms with Crippen LogP contribution in [0.4, 0.5) is 0 Å². The van der Waals surface area contributed by atoms with E-state index in [2.05, 4.69) is 30.6 Å². The maximum absolute atomic E-state index is 12.6. The smallest absolute Gasteiger partial charge is 0.240 e. The van der Waals surface area contributed by atoms with Crippen LogP contribution in [0, 0.1) is 0 Å². The summed E-state index contributed by atoms with van der Waals surface area (Å²) in [6.07, 6.45) is 3.43. The molecule has 2 unspecified atom stereocenters. The van der Waals surface area contributed by atoms with Gasteiger partial charge in [-0.3, -0.25) is 9.69 Å². The van der Waals surface area contributed by atoms with Crippen molar-refractivity contribution in [3.05, 3.63) is 0 Å². The van der Waals surface area contributed by atoms with Gasteiger partial charge in [-0.1, -0.05) is 0 Å². The SMILES string of the molecule is CC(C)N1CCCC(N2CCSCCC2C)C1=O. The number of hydrogen-bond donors (Lipinski definition) is 0. The van der Waals surface area contributed by atoms with Crippen molar-refractivity contribution in [3.63, 3.8) is 0 Å². The molecule has 0 aromatic rings. The molecule has 0 aromatic heterocycles. The molecule has 0 saturated carbocycles. The van der Waals surface area contributed by atoms with Crippen molar-refractivity contribution in [1.29, 1.82) is 0 Å². The van der Waals surface area contributed by atoms with Gasteiger partial charge in [0.1, 0.15) is 0 Å². The molecular weight excluding hydrogens is 244 g/mol. The number of carbonyl (C=O) groups excluding carboxylic acids is 1. The first-order valence-electron chi connectivity index (χ1n) is 7.25. The summed E-state index contributed by atoms with van der Waals surface area (Å²) in [7, 11) is 0. The van der Waals surface area contributed by atoms with Crippen molar-refractivity contribution < 1.29 is 4.79 Å². The third-order valence-corrected chi connectivity index (χ3v) is 5.20. The molecule has 18 heavy (non-hydrogen) atoms. The number of nitrogens with zero attached hydrogens (tertiary/aromatic N) is 2. The van der Waals surface area contributed by atoms with Crippen molar-refractivity contribution in [2.75, 3.05) is 24.6 Å². The normalized spacial score (nSPS) is 31.8. The molecule has 2 heterocycles. The second-order valence-electron chi connectivity index (χ2n) is 5.77. The zero-order valence-electron chi connectivity index (χ0n) is 11.9. The summed E-state index contributed by atoms with van der Waals surface area (Å²) in [5, 5.41) is 0. The molecule has 0 N–H and O–H groups in total. The minimum absolute atomic E-state index is 0.148. The maximum atomic E-state index is 12.6. The lowest BCUT2D eigenvalue weighted by atomic mass is 9.99. The second-order valence-corrected chi connectivity index (χ2v) is 7.00. The molecule has 0 aromatic carbocycles. The summed E-state index contributed by atoms with van der Waals surface area (Å²) in [4.78, 5) is 17.1. The van der Waals surface area contributed by atoms with Gasteiger partial charge in [0, 0.05) is 30.9 Å². The molecule has 0 spiro atoms. The molecule has 0 aliphatic carbocycles. The minimum Gasteiger partial charge on any atom is -0.339 e. The molecule has 2 aliphatic heterocycles. The van der Waals surface area contributed by atoms with E-state index in [-0.39, 0.29) is 6.04 Å². The molecule has 104 valence electrons. The van der Waals surface area contributed by atoms with Gasteiger partial charge in [0.15, 0.2) is 0 Å². The number of carbonyl (C=O) groups is 1. The number of likely N-dealkylation sites (tertiary alicyclic amines) is 1. The Kier molecular flexibility index (Phi) is 4.96. The van der Waals surface area contributed by atoms with E-state index in [0.29, 0.717) is 18.0 Å². The van der Waals surface area contributed by atoms with Crippen molar-refractivity contribution in [2.24, 2.45) is 0 Å². The molecule has 2 saturated heterocycles. The van der Waals surface area contributed by atoms with E-state index in [9.17, 15) is 4.79 Å². The van der Waals surface area contributed by atoms with Crippen LogP contribution in [-0.2, 0) is 4.79 Å². The van der Waals surface area contributed by atoms with Crippen LogP contribution in [0.1, 0.15) is 40.0 Å². The third kappa shape index (κ3) is 3.02. The van der Waals surface area contributed by atoms with E-state index >= 15 is 0 Å². The Morgan fingerprint density at radius 1 is 1.22 bits per heavy atom. The molecule has 2 fully saturated rings. The predicted molar refractivity (Wildman–Crippen MR) is 78.0 cm³/mol. The van der Waals surface area contributed by atoms with Crippen LogP contribution < -0.4 is 0 Å².